The molecule has 1 saturated heterocycles. The van der Waals surface area contributed by atoms with Crippen LogP contribution in [0.15, 0.2) is 29.4 Å². The van der Waals surface area contributed by atoms with E-state index in [4.69, 9.17) is 4.84 Å². The molecule has 2 aliphatic heterocycles. The average molecular weight is 306 g/mol. The molecule has 2 N–H and O–H groups in total. The molecule has 0 unspecified atom stereocenters. The first-order valence-electron chi connectivity index (χ1n) is 7.52. The highest BCUT2D eigenvalue weighted by atomic mass is 19.1. The molecule has 1 fully saturated rings. The van der Waals surface area contributed by atoms with E-state index in [1.807, 2.05) is 0 Å². The van der Waals surface area contributed by atoms with Gasteiger partial charge >= 0.3 is 5.97 Å². The topological polar surface area (TPSA) is 70.9 Å². The second-order valence-electron chi connectivity index (χ2n) is 6.02. The van der Waals surface area contributed by atoms with Gasteiger partial charge in [0.15, 0.2) is 0 Å². The molecule has 0 aromatic heterocycles. The van der Waals surface area contributed by atoms with Crippen LogP contribution < -0.4 is 5.32 Å². The summed E-state index contributed by atoms with van der Waals surface area (Å²) in [6, 6.07) is 6.21. The second-order valence-corrected chi connectivity index (χ2v) is 6.02. The number of oxime groups is 1. The zero-order valence-corrected chi connectivity index (χ0v) is 12.2. The highest BCUT2D eigenvalue weighted by molar-refractivity contribution is 6.01. The van der Waals surface area contributed by atoms with Crippen LogP contribution in [-0.4, -0.2) is 36.0 Å². The van der Waals surface area contributed by atoms with Crippen molar-refractivity contribution in [2.24, 2.45) is 10.6 Å². The molecule has 6 heteroatoms. The summed E-state index contributed by atoms with van der Waals surface area (Å²) in [6.07, 6.45) is 1.89. The Morgan fingerprint density at radius 2 is 2.23 bits per heavy atom. The minimum atomic E-state index is -0.767. The Morgan fingerprint density at radius 1 is 1.45 bits per heavy atom. The van der Waals surface area contributed by atoms with Crippen LogP contribution in [0.5, 0.6) is 0 Å². The molecule has 1 aromatic rings. The van der Waals surface area contributed by atoms with Crippen LogP contribution >= 0.6 is 0 Å². The Balaban J connectivity index is 1.67. The summed E-state index contributed by atoms with van der Waals surface area (Å²) in [7, 11) is 0. The Labute approximate surface area is 128 Å². The highest BCUT2D eigenvalue weighted by Gasteiger charge is 2.43. The van der Waals surface area contributed by atoms with E-state index in [0.29, 0.717) is 50.0 Å². The molecule has 0 amide bonds. The van der Waals surface area contributed by atoms with E-state index in [1.54, 1.807) is 12.1 Å². The van der Waals surface area contributed by atoms with Gasteiger partial charge in [0.1, 0.15) is 11.9 Å². The van der Waals surface area contributed by atoms with Crippen molar-refractivity contribution in [3.05, 3.63) is 35.6 Å². The van der Waals surface area contributed by atoms with E-state index in [0.717, 1.165) is 0 Å². The van der Waals surface area contributed by atoms with Gasteiger partial charge in [-0.3, -0.25) is 4.79 Å². The number of hydrogen-bond acceptors (Lipinski definition) is 4. The summed E-state index contributed by atoms with van der Waals surface area (Å²) in [5, 5.41) is 16.8. The third kappa shape index (κ3) is 2.97. The second kappa shape index (κ2) is 6.04. The fourth-order valence-electron chi connectivity index (χ4n) is 3.22. The van der Waals surface area contributed by atoms with Crippen LogP contribution in [0.3, 0.4) is 0 Å². The number of carbonyl (C=O) groups is 1. The van der Waals surface area contributed by atoms with Gasteiger partial charge in [0.05, 0.1) is 11.1 Å². The predicted octanol–water partition coefficient (Wildman–Crippen LogP) is 2.16. The van der Waals surface area contributed by atoms with Crippen molar-refractivity contribution in [1.82, 2.24) is 5.32 Å². The lowest BCUT2D eigenvalue weighted by molar-refractivity contribution is -0.153. The molecule has 118 valence electrons. The zero-order valence-electron chi connectivity index (χ0n) is 12.2. The minimum Gasteiger partial charge on any atom is -0.481 e. The first kappa shape index (κ1) is 15.0. The molecule has 5 nitrogen and oxygen atoms in total. The van der Waals surface area contributed by atoms with Crippen molar-refractivity contribution in [2.75, 3.05) is 13.1 Å². The Kier molecular flexibility index (Phi) is 4.11. The van der Waals surface area contributed by atoms with Gasteiger partial charge in [-0.05, 0) is 38.1 Å². The SMILES string of the molecule is O=C(O)C1(C[C@@H]2CC(c3cccc(F)c3)=NO2)CCNCC1. The third-order valence-electron chi connectivity index (χ3n) is 4.52. The smallest absolute Gasteiger partial charge is 0.309 e. The fraction of sp³-hybridized carbons (Fsp3) is 0.500. The molecule has 0 aliphatic carbocycles. The molecule has 0 bridgehead atoms. The average Bonchev–Trinajstić information content (AvgIpc) is 2.96. The van der Waals surface area contributed by atoms with Gasteiger partial charge in [0, 0.05) is 18.4 Å². The monoisotopic (exact) mass is 306 g/mol. The van der Waals surface area contributed by atoms with Gasteiger partial charge in [-0.25, -0.2) is 4.39 Å². The molecule has 0 saturated carbocycles. The van der Waals surface area contributed by atoms with E-state index in [-0.39, 0.29) is 11.9 Å². The summed E-state index contributed by atoms with van der Waals surface area (Å²) < 4.78 is 13.3. The number of rotatable bonds is 4. The molecule has 1 aromatic carbocycles. The standard InChI is InChI=1S/C16H19FN2O3/c17-12-3-1-2-11(8-12)14-9-13(22-19-14)10-16(15(20)21)4-6-18-7-5-16/h1-3,8,13,18H,4-7,9-10H2,(H,20,21)/t13-/m0/s1. The van der Waals surface area contributed by atoms with E-state index in [2.05, 4.69) is 10.5 Å². The number of piperidine rings is 1. The van der Waals surface area contributed by atoms with Gasteiger partial charge in [0.2, 0.25) is 0 Å². The summed E-state index contributed by atoms with van der Waals surface area (Å²) in [4.78, 5) is 17.1. The van der Waals surface area contributed by atoms with E-state index >= 15 is 0 Å². The number of carboxylic acid groups (broad SMARTS) is 1. The molecule has 1 atom stereocenters. The molecule has 2 heterocycles. The van der Waals surface area contributed by atoms with Gasteiger partial charge in [-0.1, -0.05) is 17.3 Å². The number of halogens is 1. The van der Waals surface area contributed by atoms with Crippen LogP contribution in [0.2, 0.25) is 0 Å². The highest BCUT2D eigenvalue weighted by Crippen LogP contribution is 2.37. The van der Waals surface area contributed by atoms with Crippen LogP contribution in [0.4, 0.5) is 4.39 Å². The summed E-state index contributed by atoms with van der Waals surface area (Å²) in [5.41, 5.74) is 0.624. The van der Waals surface area contributed by atoms with Crippen molar-refractivity contribution in [3.63, 3.8) is 0 Å². The lowest BCUT2D eigenvalue weighted by atomic mass is 9.74. The quantitative estimate of drug-likeness (QED) is 0.894. The normalized spacial score (nSPS) is 23.7. The van der Waals surface area contributed by atoms with Crippen LogP contribution in [-0.2, 0) is 9.63 Å². The number of hydrogen-bond donors (Lipinski definition) is 2. The van der Waals surface area contributed by atoms with Crippen LogP contribution in [0.25, 0.3) is 0 Å². The Bertz CT molecular complexity index is 597. The molecular weight excluding hydrogens is 287 g/mol. The number of aliphatic carboxylic acids is 1. The van der Waals surface area contributed by atoms with E-state index in [9.17, 15) is 14.3 Å². The predicted molar refractivity (Wildman–Crippen MR) is 79.2 cm³/mol. The summed E-state index contributed by atoms with van der Waals surface area (Å²) >= 11 is 0. The van der Waals surface area contributed by atoms with Gasteiger partial charge in [-0.2, -0.15) is 0 Å². The van der Waals surface area contributed by atoms with Crippen molar-refractivity contribution in [2.45, 2.75) is 31.8 Å². The third-order valence-corrected chi connectivity index (χ3v) is 4.52. The largest absolute Gasteiger partial charge is 0.481 e. The molecule has 22 heavy (non-hydrogen) atoms. The maximum atomic E-state index is 13.3. The van der Waals surface area contributed by atoms with Gasteiger partial charge in [-0.15, -0.1) is 0 Å². The maximum absolute atomic E-state index is 13.3. The van der Waals surface area contributed by atoms with Gasteiger partial charge in [0.25, 0.3) is 0 Å². The number of carboxylic acids is 1. The first-order chi connectivity index (χ1) is 10.6. The lowest BCUT2D eigenvalue weighted by Gasteiger charge is -2.34. The van der Waals surface area contributed by atoms with Crippen LogP contribution in [0.1, 0.15) is 31.2 Å². The van der Waals surface area contributed by atoms with Crippen LogP contribution in [0, 0.1) is 11.2 Å². The maximum Gasteiger partial charge on any atom is 0.309 e. The Morgan fingerprint density at radius 3 is 2.91 bits per heavy atom. The van der Waals surface area contributed by atoms with E-state index < -0.39 is 11.4 Å². The fourth-order valence-corrected chi connectivity index (χ4v) is 3.22. The molecule has 2 aliphatic rings. The van der Waals surface area contributed by atoms with Crippen molar-refractivity contribution in [3.8, 4) is 0 Å². The number of benzene rings is 1. The summed E-state index contributed by atoms with van der Waals surface area (Å²) in [5.74, 6) is -1.08. The lowest BCUT2D eigenvalue weighted by Crippen LogP contribution is -2.44. The molecule has 0 radical (unpaired) electrons. The van der Waals surface area contributed by atoms with Gasteiger partial charge < -0.3 is 15.3 Å². The first-order valence-corrected chi connectivity index (χ1v) is 7.52. The Hall–Kier alpha value is -1.95. The number of nitrogens with zero attached hydrogens (tertiary/aromatic N) is 1. The number of nitrogens with one attached hydrogen (secondary N) is 1. The van der Waals surface area contributed by atoms with Crippen molar-refractivity contribution >= 4 is 11.7 Å². The molecule has 0 spiro atoms. The van der Waals surface area contributed by atoms with Crippen molar-refractivity contribution in [1.29, 1.82) is 0 Å². The molecule has 3 rings (SSSR count). The summed E-state index contributed by atoms with van der Waals surface area (Å²) in [6.45, 7) is 1.41. The molecular formula is C16H19FN2O3. The van der Waals surface area contributed by atoms with E-state index in [1.165, 1.54) is 12.1 Å². The zero-order chi connectivity index (χ0) is 15.6. The van der Waals surface area contributed by atoms with Crippen molar-refractivity contribution < 1.29 is 19.1 Å². The minimum absolute atomic E-state index is 0.257.